The van der Waals surface area contributed by atoms with Gasteiger partial charge in [0, 0.05) is 6.92 Å². The van der Waals surface area contributed by atoms with E-state index in [1.165, 1.54) is 6.92 Å². The molecule has 0 saturated heterocycles. The number of nitrogens with one attached hydrogen (secondary N) is 1. The second-order valence-electron chi connectivity index (χ2n) is 1.69. The third-order valence-corrected chi connectivity index (χ3v) is 0.789. The molecular weight excluding hydrogens is 138 g/mol. The minimum absolute atomic E-state index is 0.513. The largest absolute Gasteiger partial charge is 0.376 e. The fourth-order valence-electron chi connectivity index (χ4n) is 0.478. The average Bonchev–Trinajstić information content (AvgIpc) is 2.15. The quantitative estimate of drug-likeness (QED) is 0.488. The first-order valence-corrected chi connectivity index (χ1v) is 2.67. The first kappa shape index (κ1) is 6.81. The van der Waals surface area contributed by atoms with Crippen LogP contribution in [0.25, 0.3) is 0 Å². The maximum Gasteiger partial charge on any atom is 0.376 e. The fraction of sp³-hybridized carbons (Fsp3) is 0.500. The molecule has 1 atom stereocenters. The summed E-state index contributed by atoms with van der Waals surface area (Å²) in [4.78, 5) is 15.1. The van der Waals surface area contributed by atoms with Gasteiger partial charge in [-0.3, -0.25) is 0 Å². The molecule has 0 radical (unpaired) electrons. The summed E-state index contributed by atoms with van der Waals surface area (Å²) in [5, 5.41) is 14.1. The molecule has 1 heterocycles. The van der Waals surface area contributed by atoms with E-state index in [1.807, 2.05) is 0 Å². The predicted molar refractivity (Wildman–Crippen MR) is 31.1 cm³/mol. The smallest absolute Gasteiger partial charge is 0.376 e. The van der Waals surface area contributed by atoms with Crippen LogP contribution in [-0.4, -0.2) is 26.3 Å². The van der Waals surface area contributed by atoms with Crippen LogP contribution in [0.4, 0.5) is 0 Å². The summed E-state index contributed by atoms with van der Waals surface area (Å²) in [5.74, 6) is 0. The van der Waals surface area contributed by atoms with Crippen molar-refractivity contribution in [2.75, 3.05) is 0 Å². The van der Waals surface area contributed by atoms with Crippen molar-refractivity contribution in [3.63, 3.8) is 0 Å². The van der Waals surface area contributed by atoms with Gasteiger partial charge in [-0.15, -0.1) is 4.73 Å². The zero-order valence-electron chi connectivity index (χ0n) is 5.31. The third kappa shape index (κ3) is 1.35. The van der Waals surface area contributed by atoms with E-state index in [0.29, 0.717) is 0 Å². The molecule has 0 bridgehead atoms. The molecule has 0 aromatic carbocycles. The third-order valence-electron chi connectivity index (χ3n) is 0.789. The molecule has 1 rings (SSSR count). The Labute approximate surface area is 56.0 Å². The van der Waals surface area contributed by atoms with E-state index in [9.17, 15) is 4.79 Å². The first-order valence-electron chi connectivity index (χ1n) is 2.67. The highest BCUT2D eigenvalue weighted by molar-refractivity contribution is 4.55. The Bertz CT molecular complexity index is 250. The highest BCUT2D eigenvalue weighted by Crippen LogP contribution is 1.75. The van der Waals surface area contributed by atoms with Crippen LogP contribution in [-0.2, 0) is 0 Å². The van der Waals surface area contributed by atoms with Crippen LogP contribution in [0.3, 0.4) is 0 Å². The summed E-state index contributed by atoms with van der Waals surface area (Å²) in [5.41, 5.74) is -0.513. The summed E-state index contributed by atoms with van der Waals surface area (Å²) in [6, 6.07) is 0. The van der Waals surface area contributed by atoms with Crippen molar-refractivity contribution in [2.45, 2.75) is 13.2 Å². The van der Waals surface area contributed by atoms with E-state index in [2.05, 4.69) is 15.0 Å². The van der Waals surface area contributed by atoms with Gasteiger partial charge in [0.1, 0.15) is 0 Å². The molecule has 0 aliphatic rings. The molecule has 0 fully saturated rings. The van der Waals surface area contributed by atoms with Crippen molar-refractivity contribution in [1.29, 1.82) is 0 Å². The zero-order chi connectivity index (χ0) is 7.56. The van der Waals surface area contributed by atoms with Gasteiger partial charge in [-0.2, -0.15) is 5.10 Å². The molecule has 0 amide bonds. The number of aliphatic hydroxyl groups is 1. The average molecular weight is 145 g/mol. The number of aromatic amines is 1. The van der Waals surface area contributed by atoms with Gasteiger partial charge >= 0.3 is 5.69 Å². The van der Waals surface area contributed by atoms with Crippen LogP contribution in [0.2, 0.25) is 0 Å². The lowest BCUT2D eigenvalue weighted by Crippen LogP contribution is -2.29. The number of nitrogens with zero attached hydrogens (tertiary/aromatic N) is 2. The van der Waals surface area contributed by atoms with Crippen molar-refractivity contribution in [1.82, 2.24) is 14.9 Å². The van der Waals surface area contributed by atoms with Crippen LogP contribution < -0.4 is 10.5 Å². The second-order valence-corrected chi connectivity index (χ2v) is 1.69. The van der Waals surface area contributed by atoms with Gasteiger partial charge in [0.2, 0.25) is 6.29 Å². The van der Waals surface area contributed by atoms with E-state index in [0.717, 1.165) is 11.1 Å². The molecule has 0 aliphatic carbocycles. The maximum absolute atomic E-state index is 10.6. The molecule has 1 aromatic rings. The summed E-state index contributed by atoms with van der Waals surface area (Å²) >= 11 is 0. The van der Waals surface area contributed by atoms with Crippen LogP contribution in [0, 0.1) is 0 Å². The Kier molecular flexibility index (Phi) is 1.72. The molecule has 10 heavy (non-hydrogen) atoms. The van der Waals surface area contributed by atoms with E-state index in [1.54, 1.807) is 0 Å². The Balaban J connectivity index is 2.75. The minimum Gasteiger partial charge on any atom is -0.376 e. The molecule has 6 nitrogen and oxygen atoms in total. The van der Waals surface area contributed by atoms with Crippen LogP contribution in [0.1, 0.15) is 6.92 Å². The fourth-order valence-corrected chi connectivity index (χ4v) is 0.478. The Morgan fingerprint density at radius 2 is 2.70 bits per heavy atom. The summed E-state index contributed by atoms with van der Waals surface area (Å²) in [6.07, 6.45) is 0.116. The lowest BCUT2D eigenvalue weighted by Gasteiger charge is -2.04. The maximum atomic E-state index is 10.6. The normalized spacial score (nSPS) is 13.0. The van der Waals surface area contributed by atoms with Gasteiger partial charge in [0.15, 0.2) is 6.33 Å². The van der Waals surface area contributed by atoms with Crippen LogP contribution >= 0.6 is 0 Å². The standard InChI is InChI=1S/C4H7N3O3/c1-3(8)10-7-2-5-6-4(7)9/h2-3,8H,1H3,(H,6,9)/t3-/m0/s1. The summed E-state index contributed by atoms with van der Waals surface area (Å²) in [6.45, 7) is 1.39. The monoisotopic (exact) mass is 145 g/mol. The predicted octanol–water partition coefficient (Wildman–Crippen LogP) is -1.66. The van der Waals surface area contributed by atoms with Crippen molar-refractivity contribution >= 4 is 0 Å². The molecule has 0 unspecified atom stereocenters. The summed E-state index contributed by atoms with van der Waals surface area (Å²) < 4.78 is 0.810. The Morgan fingerprint density at radius 1 is 2.00 bits per heavy atom. The number of aliphatic hydroxyl groups excluding tert-OH is 1. The van der Waals surface area contributed by atoms with Crippen molar-refractivity contribution in [2.24, 2.45) is 0 Å². The first-order chi connectivity index (χ1) is 4.70. The lowest BCUT2D eigenvalue weighted by molar-refractivity contribution is -0.0941. The molecule has 0 spiro atoms. The molecule has 0 saturated carbocycles. The number of aromatic nitrogens is 3. The van der Waals surface area contributed by atoms with Gasteiger partial charge < -0.3 is 9.94 Å². The van der Waals surface area contributed by atoms with Gasteiger partial charge in [-0.1, -0.05) is 0 Å². The molecule has 2 N–H and O–H groups in total. The second kappa shape index (κ2) is 2.53. The molecule has 0 aliphatic heterocycles. The topological polar surface area (TPSA) is 80.1 Å². The van der Waals surface area contributed by atoms with Crippen molar-refractivity contribution in [3.05, 3.63) is 16.8 Å². The molecule has 6 heteroatoms. The lowest BCUT2D eigenvalue weighted by atomic mass is 10.8. The van der Waals surface area contributed by atoms with Crippen LogP contribution in [0.15, 0.2) is 11.1 Å². The molecular formula is C4H7N3O3. The van der Waals surface area contributed by atoms with E-state index in [4.69, 9.17) is 5.11 Å². The van der Waals surface area contributed by atoms with Gasteiger partial charge in [-0.25, -0.2) is 9.89 Å². The Morgan fingerprint density at radius 3 is 3.10 bits per heavy atom. The number of hydrogen-bond acceptors (Lipinski definition) is 4. The number of H-pyrrole nitrogens is 1. The molecule has 1 aromatic heterocycles. The van der Waals surface area contributed by atoms with E-state index in [-0.39, 0.29) is 0 Å². The van der Waals surface area contributed by atoms with Gasteiger partial charge in [0.05, 0.1) is 0 Å². The number of hydrogen-bond donors (Lipinski definition) is 2. The minimum atomic E-state index is -1.02. The Hall–Kier alpha value is -1.30. The van der Waals surface area contributed by atoms with Gasteiger partial charge in [0.25, 0.3) is 0 Å². The van der Waals surface area contributed by atoms with Crippen LogP contribution in [0.5, 0.6) is 0 Å². The highest BCUT2D eigenvalue weighted by Gasteiger charge is 1.99. The van der Waals surface area contributed by atoms with Crippen molar-refractivity contribution in [3.8, 4) is 0 Å². The van der Waals surface area contributed by atoms with E-state index >= 15 is 0 Å². The zero-order valence-corrected chi connectivity index (χ0v) is 5.31. The number of rotatable bonds is 2. The van der Waals surface area contributed by atoms with Crippen molar-refractivity contribution < 1.29 is 9.94 Å². The highest BCUT2D eigenvalue weighted by atomic mass is 16.7. The van der Waals surface area contributed by atoms with Gasteiger partial charge in [-0.05, 0) is 0 Å². The molecule has 56 valence electrons. The van der Waals surface area contributed by atoms with E-state index < -0.39 is 12.0 Å². The summed E-state index contributed by atoms with van der Waals surface area (Å²) in [7, 11) is 0. The SMILES string of the molecule is C[C@@H](O)On1cn[nH]c1=O.